The summed E-state index contributed by atoms with van der Waals surface area (Å²) in [5.41, 5.74) is 0. The topological polar surface area (TPSA) is 75.7 Å². The Kier molecular flexibility index (Phi) is 4.29. The summed E-state index contributed by atoms with van der Waals surface area (Å²) in [5.74, 6) is 0.391. The number of rotatable bonds is 5. The van der Waals surface area contributed by atoms with Crippen LogP contribution in [0.1, 0.15) is 13.3 Å². The molecule has 1 amide bonds. The van der Waals surface area contributed by atoms with E-state index in [9.17, 15) is 13.2 Å². The van der Waals surface area contributed by atoms with Gasteiger partial charge in [0, 0.05) is 13.1 Å². The lowest BCUT2D eigenvalue weighted by atomic mass is 10.2. The van der Waals surface area contributed by atoms with Crippen molar-refractivity contribution in [1.82, 2.24) is 9.62 Å². The van der Waals surface area contributed by atoms with Gasteiger partial charge in [0.1, 0.15) is 5.75 Å². The summed E-state index contributed by atoms with van der Waals surface area (Å²) >= 11 is 0. The molecule has 1 saturated heterocycles. The molecule has 0 saturated carbocycles. The average molecular weight is 298 g/mol. The first kappa shape index (κ1) is 14.8. The third-order valence-corrected chi connectivity index (χ3v) is 4.80. The van der Waals surface area contributed by atoms with Gasteiger partial charge in [-0.2, -0.15) is 4.72 Å². The first-order valence-electron chi connectivity index (χ1n) is 6.39. The molecule has 1 aliphatic heterocycles. The van der Waals surface area contributed by atoms with E-state index in [4.69, 9.17) is 4.74 Å². The van der Waals surface area contributed by atoms with Crippen LogP contribution in [0.3, 0.4) is 0 Å². The Bertz CT molecular complexity index is 579. The molecule has 2 rings (SSSR count). The van der Waals surface area contributed by atoms with Gasteiger partial charge in [-0.05, 0) is 37.6 Å². The van der Waals surface area contributed by atoms with Crippen LogP contribution in [0.5, 0.6) is 5.75 Å². The van der Waals surface area contributed by atoms with Gasteiger partial charge >= 0.3 is 0 Å². The molecule has 1 N–H and O–H groups in total. The molecular weight excluding hydrogens is 280 g/mol. The molecule has 1 aliphatic rings. The highest BCUT2D eigenvalue weighted by molar-refractivity contribution is 7.89. The molecule has 1 aromatic carbocycles. The summed E-state index contributed by atoms with van der Waals surface area (Å²) in [7, 11) is -2.19. The minimum Gasteiger partial charge on any atom is -0.497 e. The van der Waals surface area contributed by atoms with Crippen molar-refractivity contribution in [3.63, 3.8) is 0 Å². The molecule has 0 unspecified atom stereocenters. The second-order valence-corrected chi connectivity index (χ2v) is 6.41. The smallest absolute Gasteiger partial charge is 0.241 e. The number of likely N-dealkylation sites (tertiary alicyclic amines) is 1. The highest BCUT2D eigenvalue weighted by Crippen LogP contribution is 2.16. The Morgan fingerprint density at radius 3 is 2.35 bits per heavy atom. The van der Waals surface area contributed by atoms with Gasteiger partial charge in [-0.1, -0.05) is 0 Å². The van der Waals surface area contributed by atoms with Crippen molar-refractivity contribution in [3.05, 3.63) is 24.3 Å². The van der Waals surface area contributed by atoms with Crippen molar-refractivity contribution in [2.45, 2.75) is 24.3 Å². The third kappa shape index (κ3) is 3.10. The van der Waals surface area contributed by atoms with Crippen LogP contribution in [-0.2, 0) is 14.8 Å². The van der Waals surface area contributed by atoms with Crippen molar-refractivity contribution in [2.24, 2.45) is 0 Å². The van der Waals surface area contributed by atoms with Gasteiger partial charge in [0.05, 0.1) is 18.0 Å². The highest BCUT2D eigenvalue weighted by atomic mass is 32.2. The van der Waals surface area contributed by atoms with E-state index in [0.29, 0.717) is 18.8 Å². The van der Waals surface area contributed by atoms with E-state index in [1.807, 2.05) is 0 Å². The van der Waals surface area contributed by atoms with Gasteiger partial charge in [-0.15, -0.1) is 0 Å². The van der Waals surface area contributed by atoms with Crippen LogP contribution in [0.2, 0.25) is 0 Å². The summed E-state index contributed by atoms with van der Waals surface area (Å²) in [6, 6.07) is 5.26. The molecule has 0 aromatic heterocycles. The van der Waals surface area contributed by atoms with Crippen molar-refractivity contribution in [1.29, 1.82) is 0 Å². The fraction of sp³-hybridized carbons (Fsp3) is 0.462. The monoisotopic (exact) mass is 298 g/mol. The van der Waals surface area contributed by atoms with Crippen LogP contribution in [0, 0.1) is 0 Å². The van der Waals surface area contributed by atoms with E-state index in [-0.39, 0.29) is 10.8 Å². The van der Waals surface area contributed by atoms with E-state index in [1.165, 1.54) is 19.2 Å². The summed E-state index contributed by atoms with van der Waals surface area (Å²) in [5, 5.41) is 0. The Labute approximate surface area is 118 Å². The molecule has 0 radical (unpaired) electrons. The number of carbonyl (C=O) groups excluding carboxylic acids is 1. The summed E-state index contributed by atoms with van der Waals surface area (Å²) < 4.78 is 31.7. The molecule has 110 valence electrons. The molecule has 1 aromatic rings. The number of nitrogens with zero attached hydrogens (tertiary/aromatic N) is 1. The Morgan fingerprint density at radius 1 is 1.30 bits per heavy atom. The van der Waals surface area contributed by atoms with Crippen LogP contribution in [-0.4, -0.2) is 45.5 Å². The molecule has 0 bridgehead atoms. The second-order valence-electron chi connectivity index (χ2n) is 4.70. The summed E-state index contributed by atoms with van der Waals surface area (Å²) in [6.45, 7) is 2.96. The lowest BCUT2D eigenvalue weighted by Crippen LogP contribution is -2.51. The molecule has 0 aliphatic carbocycles. The van der Waals surface area contributed by atoms with Crippen molar-refractivity contribution >= 4 is 15.9 Å². The van der Waals surface area contributed by atoms with Gasteiger partial charge < -0.3 is 9.64 Å². The first-order chi connectivity index (χ1) is 9.44. The quantitative estimate of drug-likeness (QED) is 0.863. The maximum absolute atomic E-state index is 12.2. The van der Waals surface area contributed by atoms with E-state index in [2.05, 4.69) is 4.72 Å². The average Bonchev–Trinajstić information content (AvgIpc) is 2.36. The van der Waals surface area contributed by atoms with Crippen molar-refractivity contribution in [3.8, 4) is 5.75 Å². The van der Waals surface area contributed by atoms with Crippen LogP contribution in [0.4, 0.5) is 0 Å². The molecule has 1 heterocycles. The SMILES string of the molecule is COc1ccc(S(=O)(=O)N[C@@H](C)C(=O)N2CCC2)cc1. The number of hydrogen-bond donors (Lipinski definition) is 1. The number of methoxy groups -OCH3 is 1. The highest BCUT2D eigenvalue weighted by Gasteiger charge is 2.28. The maximum Gasteiger partial charge on any atom is 0.241 e. The lowest BCUT2D eigenvalue weighted by molar-refractivity contribution is -0.136. The normalized spacial score (nSPS) is 16.4. The van der Waals surface area contributed by atoms with Gasteiger partial charge in [0.15, 0.2) is 0 Å². The Hall–Kier alpha value is -1.60. The molecule has 20 heavy (non-hydrogen) atoms. The van der Waals surface area contributed by atoms with E-state index >= 15 is 0 Å². The summed E-state index contributed by atoms with van der Waals surface area (Å²) in [6.07, 6.45) is 0.976. The fourth-order valence-electron chi connectivity index (χ4n) is 1.92. The number of ether oxygens (including phenoxy) is 1. The van der Waals surface area contributed by atoms with E-state index < -0.39 is 16.1 Å². The second kappa shape index (κ2) is 5.80. The van der Waals surface area contributed by atoms with Crippen LogP contribution < -0.4 is 9.46 Å². The van der Waals surface area contributed by atoms with Gasteiger partial charge in [0.25, 0.3) is 0 Å². The van der Waals surface area contributed by atoms with E-state index in [0.717, 1.165) is 6.42 Å². The van der Waals surface area contributed by atoms with Crippen LogP contribution in [0.25, 0.3) is 0 Å². The minimum absolute atomic E-state index is 0.113. The maximum atomic E-state index is 12.2. The zero-order chi connectivity index (χ0) is 14.8. The molecule has 7 heteroatoms. The van der Waals surface area contributed by atoms with Crippen molar-refractivity contribution < 1.29 is 17.9 Å². The van der Waals surface area contributed by atoms with Crippen molar-refractivity contribution in [2.75, 3.05) is 20.2 Å². The number of nitrogens with one attached hydrogen (secondary N) is 1. The molecule has 1 atom stereocenters. The van der Waals surface area contributed by atoms with Gasteiger partial charge in [0.2, 0.25) is 15.9 Å². The van der Waals surface area contributed by atoms with E-state index in [1.54, 1.807) is 24.0 Å². The predicted octanol–water partition coefficient (Wildman–Crippen LogP) is 0.594. The first-order valence-corrected chi connectivity index (χ1v) is 7.87. The number of carbonyl (C=O) groups is 1. The zero-order valence-corrected chi connectivity index (χ0v) is 12.3. The number of benzene rings is 1. The Balaban J connectivity index is 2.07. The summed E-state index contributed by atoms with van der Waals surface area (Å²) in [4.78, 5) is 13.7. The van der Waals surface area contributed by atoms with Crippen LogP contribution >= 0.6 is 0 Å². The molecule has 0 spiro atoms. The minimum atomic E-state index is -3.70. The molecule has 6 nitrogen and oxygen atoms in total. The van der Waals surface area contributed by atoms with Gasteiger partial charge in [-0.25, -0.2) is 8.42 Å². The fourth-order valence-corrected chi connectivity index (χ4v) is 3.11. The third-order valence-electron chi connectivity index (χ3n) is 3.24. The largest absolute Gasteiger partial charge is 0.497 e. The molecular formula is C13H18N2O4S. The molecule has 1 fully saturated rings. The number of hydrogen-bond acceptors (Lipinski definition) is 4. The van der Waals surface area contributed by atoms with Gasteiger partial charge in [-0.3, -0.25) is 4.79 Å². The zero-order valence-electron chi connectivity index (χ0n) is 11.5. The lowest BCUT2D eigenvalue weighted by Gasteiger charge is -2.33. The number of sulfonamides is 1. The number of amides is 1. The van der Waals surface area contributed by atoms with Crippen LogP contribution in [0.15, 0.2) is 29.2 Å². The predicted molar refractivity (Wildman–Crippen MR) is 74.0 cm³/mol. The standard InChI is InChI=1S/C13H18N2O4S/c1-10(13(16)15-8-3-9-15)14-20(17,18)12-6-4-11(19-2)5-7-12/h4-7,10,14H,3,8-9H2,1-2H3/t10-/m0/s1. The Morgan fingerprint density at radius 2 is 1.90 bits per heavy atom.